The highest BCUT2D eigenvalue weighted by Gasteiger charge is 2.11. The van der Waals surface area contributed by atoms with Gasteiger partial charge in [0.05, 0.1) is 0 Å². The van der Waals surface area contributed by atoms with Crippen LogP contribution < -0.4 is 5.32 Å². The van der Waals surface area contributed by atoms with Crippen molar-refractivity contribution in [1.29, 1.82) is 0 Å². The third-order valence-electron chi connectivity index (χ3n) is 3.93. The maximum atomic E-state index is 13.0. The second-order valence-corrected chi connectivity index (χ2v) is 5.87. The molecule has 136 valence electrons. The number of pyridine rings is 1. The molecule has 0 saturated carbocycles. The maximum absolute atomic E-state index is 13.0. The number of benzene rings is 1. The van der Waals surface area contributed by atoms with Crippen molar-refractivity contribution < 1.29 is 13.7 Å². The van der Waals surface area contributed by atoms with Gasteiger partial charge in [-0.25, -0.2) is 4.39 Å². The molecule has 27 heavy (non-hydrogen) atoms. The van der Waals surface area contributed by atoms with E-state index in [-0.39, 0.29) is 18.1 Å². The monoisotopic (exact) mass is 366 g/mol. The fraction of sp³-hybridized carbons (Fsp3) is 0.167. The summed E-state index contributed by atoms with van der Waals surface area (Å²) in [6.45, 7) is 0. The average Bonchev–Trinajstić information content (AvgIpc) is 3.30. The predicted molar refractivity (Wildman–Crippen MR) is 94.2 cm³/mol. The molecule has 9 heteroatoms. The lowest BCUT2D eigenvalue weighted by Gasteiger charge is -2.02. The Balaban J connectivity index is 1.31. The number of aryl methyl sites for hydroxylation is 1. The molecule has 8 nitrogen and oxygen atoms in total. The predicted octanol–water partition coefficient (Wildman–Crippen LogP) is 2.88. The van der Waals surface area contributed by atoms with Gasteiger partial charge in [0.15, 0.2) is 5.65 Å². The summed E-state index contributed by atoms with van der Waals surface area (Å²) in [4.78, 5) is 16.4. The van der Waals surface area contributed by atoms with E-state index in [0.717, 1.165) is 0 Å². The van der Waals surface area contributed by atoms with Crippen LogP contribution in [0.25, 0.3) is 17.0 Å². The number of nitrogens with one attached hydrogen (secondary N) is 1. The van der Waals surface area contributed by atoms with Crippen LogP contribution in [0.15, 0.2) is 53.2 Å². The zero-order valence-electron chi connectivity index (χ0n) is 14.2. The van der Waals surface area contributed by atoms with Gasteiger partial charge >= 0.3 is 0 Å². The van der Waals surface area contributed by atoms with Gasteiger partial charge in [0, 0.05) is 24.6 Å². The van der Waals surface area contributed by atoms with Crippen molar-refractivity contribution in [3.05, 3.63) is 60.4 Å². The molecular weight excluding hydrogens is 351 g/mol. The molecule has 0 aliphatic carbocycles. The Morgan fingerprint density at radius 2 is 2.00 bits per heavy atom. The fourth-order valence-electron chi connectivity index (χ4n) is 2.59. The van der Waals surface area contributed by atoms with E-state index in [0.29, 0.717) is 41.7 Å². The first-order valence-electron chi connectivity index (χ1n) is 8.37. The molecular formula is C18H15FN6O2. The summed E-state index contributed by atoms with van der Waals surface area (Å²) in [7, 11) is 0. The van der Waals surface area contributed by atoms with Crippen LogP contribution in [-0.2, 0) is 11.2 Å². The summed E-state index contributed by atoms with van der Waals surface area (Å²) >= 11 is 0. The van der Waals surface area contributed by atoms with Crippen molar-refractivity contribution in [1.82, 2.24) is 24.7 Å². The van der Waals surface area contributed by atoms with Crippen molar-refractivity contribution in [3.8, 4) is 11.4 Å². The summed E-state index contributed by atoms with van der Waals surface area (Å²) < 4.78 is 19.8. The molecule has 3 heterocycles. The number of rotatable bonds is 6. The Morgan fingerprint density at radius 3 is 2.85 bits per heavy atom. The SMILES string of the molecule is O=C(CCCc1nc(-c2ccc(F)cc2)no1)Nc1nnc2ccccn12. The highest BCUT2D eigenvalue weighted by molar-refractivity contribution is 5.89. The Bertz CT molecular complexity index is 1070. The van der Waals surface area contributed by atoms with Crippen LogP contribution >= 0.6 is 0 Å². The first-order valence-corrected chi connectivity index (χ1v) is 8.37. The maximum Gasteiger partial charge on any atom is 0.235 e. The van der Waals surface area contributed by atoms with Gasteiger partial charge in [-0.05, 0) is 42.8 Å². The number of carbonyl (C=O) groups is 1. The van der Waals surface area contributed by atoms with E-state index >= 15 is 0 Å². The summed E-state index contributed by atoms with van der Waals surface area (Å²) in [6.07, 6.45) is 3.05. The third-order valence-corrected chi connectivity index (χ3v) is 3.93. The number of hydrogen-bond donors (Lipinski definition) is 1. The highest BCUT2D eigenvalue weighted by Crippen LogP contribution is 2.17. The lowest BCUT2D eigenvalue weighted by molar-refractivity contribution is -0.116. The Hall–Kier alpha value is -3.62. The largest absolute Gasteiger partial charge is 0.339 e. The normalized spacial score (nSPS) is 11.0. The summed E-state index contributed by atoms with van der Waals surface area (Å²) in [6, 6.07) is 11.3. The first kappa shape index (κ1) is 16.8. The van der Waals surface area contributed by atoms with Gasteiger partial charge in [-0.15, -0.1) is 10.2 Å². The smallest absolute Gasteiger partial charge is 0.235 e. The fourth-order valence-corrected chi connectivity index (χ4v) is 2.59. The van der Waals surface area contributed by atoms with Crippen LogP contribution in [0.3, 0.4) is 0 Å². The molecule has 0 spiro atoms. The standard InChI is InChI=1S/C18H15FN6O2/c19-13-9-7-12(8-10-13)17-21-16(27-24-17)6-3-5-15(26)20-18-23-22-14-4-1-2-11-25(14)18/h1-2,4,7-11H,3,5-6H2,(H,20,23,26). The molecule has 0 atom stereocenters. The van der Waals surface area contributed by atoms with E-state index in [1.165, 1.54) is 12.1 Å². The number of fused-ring (bicyclic) bond motifs is 1. The molecule has 0 radical (unpaired) electrons. The average molecular weight is 366 g/mol. The van der Waals surface area contributed by atoms with E-state index in [2.05, 4.69) is 25.7 Å². The minimum atomic E-state index is -0.325. The van der Waals surface area contributed by atoms with Crippen LogP contribution in [0.5, 0.6) is 0 Å². The van der Waals surface area contributed by atoms with E-state index in [1.54, 1.807) is 28.8 Å². The van der Waals surface area contributed by atoms with Gasteiger partial charge in [0.25, 0.3) is 0 Å². The molecule has 4 aromatic rings. The molecule has 4 rings (SSSR count). The molecule has 3 aromatic heterocycles. The lowest BCUT2D eigenvalue weighted by atomic mass is 10.2. The summed E-state index contributed by atoms with van der Waals surface area (Å²) in [5.41, 5.74) is 1.33. The molecule has 1 N–H and O–H groups in total. The minimum Gasteiger partial charge on any atom is -0.339 e. The van der Waals surface area contributed by atoms with Crippen molar-refractivity contribution in [3.63, 3.8) is 0 Å². The zero-order valence-corrected chi connectivity index (χ0v) is 14.2. The van der Waals surface area contributed by atoms with Crippen molar-refractivity contribution in [2.45, 2.75) is 19.3 Å². The number of halogens is 1. The Kier molecular flexibility index (Phi) is 4.56. The highest BCUT2D eigenvalue weighted by atomic mass is 19.1. The Labute approximate surface area is 153 Å². The van der Waals surface area contributed by atoms with Crippen LogP contribution in [0, 0.1) is 5.82 Å². The number of aromatic nitrogens is 5. The van der Waals surface area contributed by atoms with Crippen molar-refractivity contribution >= 4 is 17.5 Å². The van der Waals surface area contributed by atoms with E-state index in [9.17, 15) is 9.18 Å². The second kappa shape index (κ2) is 7.32. The first-order chi connectivity index (χ1) is 13.2. The number of hydrogen-bond acceptors (Lipinski definition) is 6. The molecule has 0 aliphatic rings. The Morgan fingerprint density at radius 1 is 1.15 bits per heavy atom. The molecule has 0 fully saturated rings. The molecule has 0 saturated heterocycles. The topological polar surface area (TPSA) is 98.2 Å². The van der Waals surface area contributed by atoms with Gasteiger partial charge in [-0.1, -0.05) is 11.2 Å². The molecule has 0 bridgehead atoms. The summed E-state index contributed by atoms with van der Waals surface area (Å²) in [5, 5.41) is 14.6. The van der Waals surface area contributed by atoms with Gasteiger partial charge in [0.2, 0.25) is 23.6 Å². The van der Waals surface area contributed by atoms with Crippen molar-refractivity contribution in [2.75, 3.05) is 5.32 Å². The quantitative estimate of drug-likeness (QED) is 0.563. The summed E-state index contributed by atoms with van der Waals surface area (Å²) in [5.74, 6) is 0.701. The van der Waals surface area contributed by atoms with Crippen LogP contribution in [0.1, 0.15) is 18.7 Å². The lowest BCUT2D eigenvalue weighted by Crippen LogP contribution is -2.13. The molecule has 0 unspecified atom stereocenters. The molecule has 1 aromatic carbocycles. The van der Waals surface area contributed by atoms with Crippen LogP contribution in [0.2, 0.25) is 0 Å². The molecule has 0 aliphatic heterocycles. The van der Waals surface area contributed by atoms with Crippen LogP contribution in [0.4, 0.5) is 10.3 Å². The van der Waals surface area contributed by atoms with Gasteiger partial charge in [-0.2, -0.15) is 4.98 Å². The zero-order chi connectivity index (χ0) is 18.6. The van der Waals surface area contributed by atoms with Gasteiger partial charge in [-0.3, -0.25) is 14.5 Å². The van der Waals surface area contributed by atoms with E-state index < -0.39 is 0 Å². The van der Waals surface area contributed by atoms with Crippen molar-refractivity contribution in [2.24, 2.45) is 0 Å². The van der Waals surface area contributed by atoms with Gasteiger partial charge in [0.1, 0.15) is 5.82 Å². The number of nitrogens with zero attached hydrogens (tertiary/aromatic N) is 5. The second-order valence-electron chi connectivity index (χ2n) is 5.87. The number of anilines is 1. The van der Waals surface area contributed by atoms with Crippen LogP contribution in [-0.4, -0.2) is 30.6 Å². The van der Waals surface area contributed by atoms with Gasteiger partial charge < -0.3 is 4.52 Å². The minimum absolute atomic E-state index is 0.175. The number of carbonyl (C=O) groups excluding carboxylic acids is 1. The third kappa shape index (κ3) is 3.81. The molecule has 1 amide bonds. The van der Waals surface area contributed by atoms with E-state index in [4.69, 9.17) is 4.52 Å². The number of amides is 1. The van der Waals surface area contributed by atoms with E-state index in [1.807, 2.05) is 12.1 Å².